The van der Waals surface area contributed by atoms with Crippen LogP contribution in [0, 0.1) is 6.92 Å². The molecule has 1 aliphatic heterocycles. The van der Waals surface area contributed by atoms with E-state index in [1.54, 1.807) is 6.92 Å². The van der Waals surface area contributed by atoms with Crippen molar-refractivity contribution < 1.29 is 19.2 Å². The molecule has 0 unspecified atom stereocenters. The van der Waals surface area contributed by atoms with Gasteiger partial charge in [0.15, 0.2) is 5.82 Å². The summed E-state index contributed by atoms with van der Waals surface area (Å²) in [7, 11) is 0. The highest BCUT2D eigenvalue weighted by atomic mass is 16.5. The molecule has 0 bridgehead atoms. The summed E-state index contributed by atoms with van der Waals surface area (Å²) in [5.74, 6) is 0.241. The zero-order valence-corrected chi connectivity index (χ0v) is 9.84. The third kappa shape index (κ3) is 3.01. The van der Waals surface area contributed by atoms with Gasteiger partial charge in [-0.15, -0.1) is 0 Å². The summed E-state index contributed by atoms with van der Waals surface area (Å²) in [6.45, 7) is 5.31. The summed E-state index contributed by atoms with van der Waals surface area (Å²) in [5.41, 5.74) is -0.381. The first-order valence-electron chi connectivity index (χ1n) is 5.34. The first-order valence-corrected chi connectivity index (χ1v) is 5.34. The summed E-state index contributed by atoms with van der Waals surface area (Å²) >= 11 is 0. The molecule has 0 aromatic carbocycles. The maximum absolute atomic E-state index is 10.4. The third-order valence-corrected chi connectivity index (χ3v) is 2.59. The SMILES string of the molecule is Cc1noc(CN2CC(C)(OCC(=O)O)C2)n1. The van der Waals surface area contributed by atoms with Crippen molar-refractivity contribution >= 4 is 5.97 Å². The Morgan fingerprint density at radius 2 is 2.35 bits per heavy atom. The lowest BCUT2D eigenvalue weighted by molar-refractivity contribution is -0.166. The Bertz CT molecular complexity index is 411. The van der Waals surface area contributed by atoms with Crippen LogP contribution in [-0.4, -0.2) is 51.4 Å². The van der Waals surface area contributed by atoms with Gasteiger partial charge in [-0.1, -0.05) is 5.16 Å². The van der Waals surface area contributed by atoms with Crippen molar-refractivity contribution in [3.63, 3.8) is 0 Å². The number of carbonyl (C=O) groups is 1. The molecule has 1 fully saturated rings. The average molecular weight is 241 g/mol. The van der Waals surface area contributed by atoms with Crippen molar-refractivity contribution in [3.8, 4) is 0 Å². The number of aromatic nitrogens is 2. The molecule has 7 nitrogen and oxygen atoms in total. The molecule has 0 radical (unpaired) electrons. The minimum Gasteiger partial charge on any atom is -0.480 e. The Balaban J connectivity index is 1.76. The molecule has 2 heterocycles. The molecule has 17 heavy (non-hydrogen) atoms. The quantitative estimate of drug-likeness (QED) is 0.779. The van der Waals surface area contributed by atoms with Crippen LogP contribution < -0.4 is 0 Å². The van der Waals surface area contributed by atoms with Gasteiger partial charge in [0, 0.05) is 13.1 Å². The Hall–Kier alpha value is -1.47. The number of likely N-dealkylation sites (tertiary alicyclic amines) is 1. The van der Waals surface area contributed by atoms with E-state index in [1.165, 1.54) is 0 Å². The Morgan fingerprint density at radius 1 is 1.65 bits per heavy atom. The normalized spacial score (nSPS) is 18.9. The van der Waals surface area contributed by atoms with E-state index in [0.29, 0.717) is 31.3 Å². The summed E-state index contributed by atoms with van der Waals surface area (Å²) in [4.78, 5) is 16.6. The highest BCUT2D eigenvalue weighted by Crippen LogP contribution is 2.25. The van der Waals surface area contributed by atoms with Crippen LogP contribution in [0.25, 0.3) is 0 Å². The highest BCUT2D eigenvalue weighted by Gasteiger charge is 2.40. The fourth-order valence-electron chi connectivity index (χ4n) is 1.93. The van der Waals surface area contributed by atoms with E-state index in [-0.39, 0.29) is 12.2 Å². The molecule has 1 aliphatic rings. The minimum absolute atomic E-state index is 0.260. The molecule has 1 aromatic heterocycles. The van der Waals surface area contributed by atoms with Crippen molar-refractivity contribution in [1.82, 2.24) is 15.0 Å². The number of aliphatic carboxylic acids is 1. The predicted molar refractivity (Wildman–Crippen MR) is 56.3 cm³/mol. The van der Waals surface area contributed by atoms with Crippen molar-refractivity contribution in [2.24, 2.45) is 0 Å². The molecule has 0 spiro atoms. The second-order valence-electron chi connectivity index (χ2n) is 4.51. The molecule has 2 rings (SSSR count). The molecule has 0 atom stereocenters. The van der Waals surface area contributed by atoms with Gasteiger partial charge in [0.1, 0.15) is 6.61 Å². The molecule has 0 aliphatic carbocycles. The maximum Gasteiger partial charge on any atom is 0.329 e. The number of hydrogen-bond donors (Lipinski definition) is 1. The molecule has 1 aromatic rings. The minimum atomic E-state index is -0.947. The molecule has 94 valence electrons. The van der Waals surface area contributed by atoms with Crippen LogP contribution in [-0.2, 0) is 16.1 Å². The van der Waals surface area contributed by atoms with Crippen LogP contribution in [0.4, 0.5) is 0 Å². The number of hydrogen-bond acceptors (Lipinski definition) is 6. The molecule has 1 N–H and O–H groups in total. The maximum atomic E-state index is 10.4. The lowest BCUT2D eigenvalue weighted by Crippen LogP contribution is -2.61. The van der Waals surface area contributed by atoms with E-state index in [4.69, 9.17) is 14.4 Å². The van der Waals surface area contributed by atoms with Gasteiger partial charge < -0.3 is 14.4 Å². The van der Waals surface area contributed by atoms with Crippen molar-refractivity contribution in [1.29, 1.82) is 0 Å². The molecule has 7 heteroatoms. The zero-order chi connectivity index (χ0) is 12.5. The van der Waals surface area contributed by atoms with Gasteiger partial charge in [0.2, 0.25) is 5.89 Å². The van der Waals surface area contributed by atoms with Gasteiger partial charge in [-0.25, -0.2) is 4.79 Å². The predicted octanol–water partition coefficient (Wildman–Crippen LogP) is 0.0535. The van der Waals surface area contributed by atoms with Gasteiger partial charge in [0.25, 0.3) is 0 Å². The number of rotatable bonds is 5. The second kappa shape index (κ2) is 4.42. The highest BCUT2D eigenvalue weighted by molar-refractivity contribution is 5.68. The number of carboxylic acid groups (broad SMARTS) is 1. The van der Waals surface area contributed by atoms with Gasteiger partial charge in [0.05, 0.1) is 12.1 Å². The second-order valence-corrected chi connectivity index (χ2v) is 4.51. The number of carboxylic acids is 1. The summed E-state index contributed by atoms with van der Waals surface area (Å²) in [5, 5.41) is 12.2. The van der Waals surface area contributed by atoms with Crippen molar-refractivity contribution in [2.75, 3.05) is 19.7 Å². The molecule has 1 saturated heterocycles. The Kier molecular flexibility index (Phi) is 3.12. The van der Waals surface area contributed by atoms with Gasteiger partial charge >= 0.3 is 5.97 Å². The number of ether oxygens (including phenoxy) is 1. The van der Waals surface area contributed by atoms with Gasteiger partial charge in [-0.3, -0.25) is 4.90 Å². The number of nitrogens with zero attached hydrogens (tertiary/aromatic N) is 3. The molecule has 0 saturated carbocycles. The van der Waals surface area contributed by atoms with Crippen LogP contribution in [0.1, 0.15) is 18.6 Å². The van der Waals surface area contributed by atoms with Crippen LogP contribution in [0.15, 0.2) is 4.52 Å². The first-order chi connectivity index (χ1) is 7.97. The van der Waals surface area contributed by atoms with Gasteiger partial charge in [-0.05, 0) is 13.8 Å². The van der Waals surface area contributed by atoms with Crippen molar-refractivity contribution in [2.45, 2.75) is 26.0 Å². The smallest absolute Gasteiger partial charge is 0.329 e. The summed E-state index contributed by atoms with van der Waals surface area (Å²) in [6, 6.07) is 0. The summed E-state index contributed by atoms with van der Waals surface area (Å²) in [6.07, 6.45) is 0. The Labute approximate surface area is 98.4 Å². The third-order valence-electron chi connectivity index (χ3n) is 2.59. The first kappa shape index (κ1) is 12.0. The average Bonchev–Trinajstić information content (AvgIpc) is 2.59. The van der Waals surface area contributed by atoms with E-state index in [9.17, 15) is 4.79 Å². The number of aryl methyl sites for hydroxylation is 1. The van der Waals surface area contributed by atoms with E-state index in [0.717, 1.165) is 0 Å². The largest absolute Gasteiger partial charge is 0.480 e. The van der Waals surface area contributed by atoms with Crippen molar-refractivity contribution in [3.05, 3.63) is 11.7 Å². The van der Waals surface area contributed by atoms with Crippen LogP contribution in [0.2, 0.25) is 0 Å². The fourth-order valence-corrected chi connectivity index (χ4v) is 1.93. The van der Waals surface area contributed by atoms with E-state index in [1.807, 2.05) is 6.92 Å². The van der Waals surface area contributed by atoms with E-state index >= 15 is 0 Å². The van der Waals surface area contributed by atoms with E-state index < -0.39 is 5.97 Å². The monoisotopic (exact) mass is 241 g/mol. The molecule has 0 amide bonds. The van der Waals surface area contributed by atoms with Crippen LogP contribution >= 0.6 is 0 Å². The lowest BCUT2D eigenvalue weighted by atomic mass is 9.96. The van der Waals surface area contributed by atoms with Crippen LogP contribution in [0.5, 0.6) is 0 Å². The van der Waals surface area contributed by atoms with Crippen LogP contribution in [0.3, 0.4) is 0 Å². The van der Waals surface area contributed by atoms with E-state index in [2.05, 4.69) is 15.0 Å². The summed E-state index contributed by atoms with van der Waals surface area (Å²) < 4.78 is 10.3. The fraction of sp³-hybridized carbons (Fsp3) is 0.700. The molecular formula is C10H15N3O4. The van der Waals surface area contributed by atoms with Gasteiger partial charge in [-0.2, -0.15) is 4.98 Å². The lowest BCUT2D eigenvalue weighted by Gasteiger charge is -2.46. The molecular weight excluding hydrogens is 226 g/mol. The zero-order valence-electron chi connectivity index (χ0n) is 9.84. The Morgan fingerprint density at radius 3 is 2.88 bits per heavy atom. The topological polar surface area (TPSA) is 88.7 Å². The standard InChI is InChI=1S/C10H15N3O4/c1-7-11-8(17-12-7)3-13-5-10(2,6-13)16-4-9(14)15/h3-6H2,1-2H3,(H,14,15).